The van der Waals surface area contributed by atoms with Crippen molar-refractivity contribution in [2.75, 3.05) is 0 Å². The highest BCUT2D eigenvalue weighted by Gasteiger charge is 2.31. The Bertz CT molecular complexity index is 774. The van der Waals surface area contributed by atoms with Crippen LogP contribution in [-0.4, -0.2) is 22.0 Å². The number of nitrogens with one attached hydrogen (secondary N) is 2. The van der Waals surface area contributed by atoms with E-state index >= 15 is 0 Å². The minimum absolute atomic E-state index is 0.272. The Labute approximate surface area is 127 Å². The maximum absolute atomic E-state index is 14.4. The number of aromatic amines is 1. The van der Waals surface area contributed by atoms with Crippen LogP contribution in [0.3, 0.4) is 0 Å². The lowest BCUT2D eigenvalue weighted by molar-refractivity contribution is -0.134. The van der Waals surface area contributed by atoms with Crippen LogP contribution in [0.4, 0.5) is 4.39 Å². The summed E-state index contributed by atoms with van der Waals surface area (Å²) in [5.41, 5.74) is 1.46. The molecule has 1 unspecified atom stereocenters. The van der Waals surface area contributed by atoms with Crippen molar-refractivity contribution in [1.29, 1.82) is 0 Å². The molecule has 0 radical (unpaired) electrons. The summed E-state index contributed by atoms with van der Waals surface area (Å²) in [4.78, 5) is 23.2. The number of piperidine rings is 1. The molecule has 1 aromatic carbocycles. The van der Waals surface area contributed by atoms with Crippen LogP contribution < -0.4 is 5.32 Å². The zero-order valence-corrected chi connectivity index (χ0v) is 12.8. The number of nitrogens with zero attached hydrogens (tertiary/aromatic N) is 1. The smallest absolute Gasteiger partial charge is 0.235 e. The molecule has 2 aromatic rings. The van der Waals surface area contributed by atoms with Crippen molar-refractivity contribution >= 4 is 22.7 Å². The number of benzene rings is 1. The van der Waals surface area contributed by atoms with E-state index in [1.807, 2.05) is 20.8 Å². The fourth-order valence-electron chi connectivity index (χ4n) is 2.86. The second kappa shape index (κ2) is 4.90. The molecule has 0 aliphatic carbocycles. The van der Waals surface area contributed by atoms with Gasteiger partial charge in [0.15, 0.2) is 0 Å². The van der Waals surface area contributed by atoms with Crippen molar-refractivity contribution in [3.8, 4) is 0 Å². The summed E-state index contributed by atoms with van der Waals surface area (Å²) in [5, 5.41) is 9.96. The van der Waals surface area contributed by atoms with Crippen molar-refractivity contribution in [1.82, 2.24) is 15.5 Å². The van der Waals surface area contributed by atoms with E-state index in [-0.39, 0.29) is 29.5 Å². The SMILES string of the molecule is CC(C)(C)c1cc2n[nH]c(C3CCC(=O)NC3=O)c2cc1F. The van der Waals surface area contributed by atoms with E-state index in [1.165, 1.54) is 6.07 Å². The molecule has 2 heterocycles. The quantitative estimate of drug-likeness (QED) is 0.795. The van der Waals surface area contributed by atoms with Crippen molar-refractivity contribution in [3.63, 3.8) is 0 Å². The van der Waals surface area contributed by atoms with E-state index in [0.29, 0.717) is 28.6 Å². The Morgan fingerprint density at radius 1 is 1.27 bits per heavy atom. The van der Waals surface area contributed by atoms with Crippen LogP contribution in [0.1, 0.15) is 50.8 Å². The number of imide groups is 1. The van der Waals surface area contributed by atoms with E-state index in [4.69, 9.17) is 0 Å². The first-order chi connectivity index (χ1) is 10.3. The van der Waals surface area contributed by atoms with Gasteiger partial charge in [-0.3, -0.25) is 20.0 Å². The highest BCUT2D eigenvalue weighted by molar-refractivity contribution is 6.02. The standard InChI is InChI=1S/C16H18FN3O2/c1-16(2,3)10-7-12-9(6-11(10)17)14(20-19-12)8-4-5-13(21)18-15(8)22/h6-8H,4-5H2,1-3H3,(H,19,20)(H,18,21,22). The molecule has 2 amide bonds. The molecule has 0 bridgehead atoms. The Balaban J connectivity index is 2.08. The molecule has 2 N–H and O–H groups in total. The first-order valence-corrected chi connectivity index (χ1v) is 7.29. The molecular formula is C16H18FN3O2. The molecule has 0 saturated carbocycles. The van der Waals surface area contributed by atoms with Crippen molar-refractivity contribution < 1.29 is 14.0 Å². The molecular weight excluding hydrogens is 285 g/mol. The summed E-state index contributed by atoms with van der Waals surface area (Å²) < 4.78 is 14.4. The molecule has 1 atom stereocenters. The fourth-order valence-corrected chi connectivity index (χ4v) is 2.86. The number of rotatable bonds is 1. The topological polar surface area (TPSA) is 74.8 Å². The van der Waals surface area contributed by atoms with E-state index in [0.717, 1.165) is 0 Å². The van der Waals surface area contributed by atoms with Crippen LogP contribution in [0.15, 0.2) is 12.1 Å². The number of H-pyrrole nitrogens is 1. The minimum atomic E-state index is -0.498. The number of hydrogen-bond donors (Lipinski definition) is 2. The van der Waals surface area contributed by atoms with Crippen LogP contribution in [-0.2, 0) is 15.0 Å². The predicted octanol–water partition coefficient (Wildman–Crippen LogP) is 2.52. The highest BCUT2D eigenvalue weighted by Crippen LogP contribution is 2.33. The molecule has 1 aromatic heterocycles. The Hall–Kier alpha value is -2.24. The molecule has 1 fully saturated rings. The summed E-state index contributed by atoms with van der Waals surface area (Å²) in [6.45, 7) is 5.81. The lowest BCUT2D eigenvalue weighted by Crippen LogP contribution is -2.39. The summed E-state index contributed by atoms with van der Waals surface area (Å²) >= 11 is 0. The number of aromatic nitrogens is 2. The average Bonchev–Trinajstić information content (AvgIpc) is 2.79. The van der Waals surface area contributed by atoms with E-state index < -0.39 is 5.92 Å². The minimum Gasteiger partial charge on any atom is -0.296 e. The molecule has 116 valence electrons. The van der Waals surface area contributed by atoms with Gasteiger partial charge in [0.1, 0.15) is 5.82 Å². The van der Waals surface area contributed by atoms with Crippen molar-refractivity contribution in [2.45, 2.75) is 44.9 Å². The molecule has 1 saturated heterocycles. The van der Waals surface area contributed by atoms with Crippen LogP contribution >= 0.6 is 0 Å². The van der Waals surface area contributed by atoms with Gasteiger partial charge in [-0.25, -0.2) is 4.39 Å². The summed E-state index contributed by atoms with van der Waals surface area (Å²) in [6, 6.07) is 3.15. The van der Waals surface area contributed by atoms with E-state index in [2.05, 4.69) is 15.5 Å². The normalized spacial score (nSPS) is 19.5. The van der Waals surface area contributed by atoms with Gasteiger partial charge in [-0.15, -0.1) is 0 Å². The number of carbonyl (C=O) groups is 2. The maximum Gasteiger partial charge on any atom is 0.235 e. The van der Waals surface area contributed by atoms with Gasteiger partial charge in [-0.2, -0.15) is 5.10 Å². The third-order valence-electron chi connectivity index (χ3n) is 4.07. The highest BCUT2D eigenvalue weighted by atomic mass is 19.1. The van der Waals surface area contributed by atoms with Crippen molar-refractivity contribution in [3.05, 3.63) is 29.2 Å². The lowest BCUT2D eigenvalue weighted by atomic mass is 9.85. The van der Waals surface area contributed by atoms with Gasteiger partial charge in [-0.05, 0) is 29.5 Å². The summed E-state index contributed by atoms with van der Waals surface area (Å²) in [6.07, 6.45) is 0.685. The van der Waals surface area contributed by atoms with Gasteiger partial charge in [0, 0.05) is 11.8 Å². The summed E-state index contributed by atoms with van der Waals surface area (Å²) in [7, 11) is 0. The average molecular weight is 303 g/mol. The Morgan fingerprint density at radius 2 is 2.00 bits per heavy atom. The number of hydrogen-bond acceptors (Lipinski definition) is 3. The maximum atomic E-state index is 14.4. The first-order valence-electron chi connectivity index (χ1n) is 7.29. The number of fused-ring (bicyclic) bond motifs is 1. The van der Waals surface area contributed by atoms with Gasteiger partial charge in [0.25, 0.3) is 0 Å². The first kappa shape index (κ1) is 14.7. The number of carbonyl (C=O) groups excluding carboxylic acids is 2. The third kappa shape index (κ3) is 2.38. The Morgan fingerprint density at radius 3 is 2.64 bits per heavy atom. The molecule has 1 aliphatic rings. The Kier molecular flexibility index (Phi) is 3.27. The van der Waals surface area contributed by atoms with Gasteiger partial charge in [-0.1, -0.05) is 20.8 Å². The van der Waals surface area contributed by atoms with Crippen molar-refractivity contribution in [2.24, 2.45) is 0 Å². The molecule has 5 nitrogen and oxygen atoms in total. The monoisotopic (exact) mass is 303 g/mol. The van der Waals surface area contributed by atoms with E-state index in [1.54, 1.807) is 6.07 Å². The van der Waals surface area contributed by atoms with Crippen LogP contribution in [0.5, 0.6) is 0 Å². The lowest BCUT2D eigenvalue weighted by Gasteiger charge is -2.21. The summed E-state index contributed by atoms with van der Waals surface area (Å²) in [5.74, 6) is -1.44. The second-order valence-electron chi connectivity index (χ2n) is 6.74. The molecule has 22 heavy (non-hydrogen) atoms. The van der Waals surface area contributed by atoms with Crippen LogP contribution in [0, 0.1) is 5.82 Å². The van der Waals surface area contributed by atoms with Gasteiger partial charge in [0.05, 0.1) is 17.1 Å². The third-order valence-corrected chi connectivity index (χ3v) is 4.07. The van der Waals surface area contributed by atoms with Gasteiger partial charge in [0.2, 0.25) is 11.8 Å². The second-order valence-corrected chi connectivity index (χ2v) is 6.74. The van der Waals surface area contributed by atoms with Gasteiger partial charge >= 0.3 is 0 Å². The largest absolute Gasteiger partial charge is 0.296 e. The van der Waals surface area contributed by atoms with Gasteiger partial charge < -0.3 is 0 Å². The zero-order chi connectivity index (χ0) is 16.1. The van der Waals surface area contributed by atoms with Crippen LogP contribution in [0.25, 0.3) is 10.9 Å². The fraction of sp³-hybridized carbons (Fsp3) is 0.438. The molecule has 3 rings (SSSR count). The molecule has 0 spiro atoms. The van der Waals surface area contributed by atoms with E-state index in [9.17, 15) is 14.0 Å². The number of halogens is 1. The zero-order valence-electron chi connectivity index (χ0n) is 12.8. The predicted molar refractivity (Wildman–Crippen MR) is 79.9 cm³/mol. The van der Waals surface area contributed by atoms with Crippen LogP contribution in [0.2, 0.25) is 0 Å². The molecule has 6 heteroatoms. The molecule has 1 aliphatic heterocycles. The number of amides is 2.